The Morgan fingerprint density at radius 3 is 2.89 bits per heavy atom. The van der Waals surface area contributed by atoms with Crippen LogP contribution in [0.4, 0.5) is 0 Å². The van der Waals surface area contributed by atoms with Gasteiger partial charge in [0.2, 0.25) is 0 Å². The average Bonchev–Trinajstić information content (AvgIpc) is 2.90. The summed E-state index contributed by atoms with van der Waals surface area (Å²) >= 11 is 1.90. The van der Waals surface area contributed by atoms with Crippen LogP contribution in [-0.4, -0.2) is 12.9 Å². The van der Waals surface area contributed by atoms with Crippen LogP contribution in [0.25, 0.3) is 0 Å². The van der Waals surface area contributed by atoms with E-state index in [0.717, 1.165) is 17.1 Å². The fraction of sp³-hybridized carbons (Fsp3) is 0.250. The molecule has 0 bridgehead atoms. The smallest absolute Gasteiger partial charge is 0.119 e. The molecule has 1 aliphatic rings. The molecule has 19 heavy (non-hydrogen) atoms. The first kappa shape index (κ1) is 12.6. The molecule has 3 rings (SSSR count). The van der Waals surface area contributed by atoms with Gasteiger partial charge >= 0.3 is 0 Å². The zero-order chi connectivity index (χ0) is 13.2. The molecule has 0 aliphatic carbocycles. The van der Waals surface area contributed by atoms with Crippen LogP contribution in [0.2, 0.25) is 0 Å². The molecule has 2 nitrogen and oxygen atoms in total. The predicted octanol–water partition coefficient (Wildman–Crippen LogP) is 3.58. The summed E-state index contributed by atoms with van der Waals surface area (Å²) in [7, 11) is 1.69. The summed E-state index contributed by atoms with van der Waals surface area (Å²) in [5.41, 5.74) is 8.99. The van der Waals surface area contributed by atoms with Gasteiger partial charge in [-0.3, -0.25) is 0 Å². The van der Waals surface area contributed by atoms with Crippen LogP contribution in [0.1, 0.15) is 23.1 Å². The van der Waals surface area contributed by atoms with Gasteiger partial charge in [0.15, 0.2) is 0 Å². The molecule has 0 saturated heterocycles. The number of rotatable bonds is 3. The summed E-state index contributed by atoms with van der Waals surface area (Å²) in [6.45, 7) is 0. The highest BCUT2D eigenvalue weighted by atomic mass is 32.2. The monoisotopic (exact) mass is 271 g/mol. The van der Waals surface area contributed by atoms with Crippen molar-refractivity contribution in [3.63, 3.8) is 0 Å². The summed E-state index contributed by atoms with van der Waals surface area (Å²) in [5.74, 6) is 2.30. The van der Waals surface area contributed by atoms with Gasteiger partial charge in [-0.1, -0.05) is 30.3 Å². The van der Waals surface area contributed by atoms with E-state index in [1.165, 1.54) is 10.5 Å². The second kappa shape index (κ2) is 5.27. The Morgan fingerprint density at radius 2 is 2.05 bits per heavy atom. The van der Waals surface area contributed by atoms with Crippen molar-refractivity contribution < 1.29 is 4.74 Å². The fourth-order valence-electron chi connectivity index (χ4n) is 2.57. The molecule has 1 heterocycles. The first-order valence-electron chi connectivity index (χ1n) is 6.41. The second-order valence-corrected chi connectivity index (χ2v) is 5.82. The van der Waals surface area contributed by atoms with Crippen molar-refractivity contribution in [3.05, 3.63) is 59.7 Å². The highest BCUT2D eigenvalue weighted by molar-refractivity contribution is 7.99. The van der Waals surface area contributed by atoms with Gasteiger partial charge in [0.1, 0.15) is 5.75 Å². The molecule has 0 spiro atoms. The van der Waals surface area contributed by atoms with Crippen LogP contribution in [0, 0.1) is 0 Å². The standard InChI is InChI=1S/C16H17NOS/c1-18-12-6-4-5-11(9-12)16(17)14-10-19-15-8-3-2-7-13(14)15/h2-9,14,16H,10,17H2,1H3. The topological polar surface area (TPSA) is 35.2 Å². The summed E-state index contributed by atoms with van der Waals surface area (Å²) in [6.07, 6.45) is 0. The third-order valence-corrected chi connectivity index (χ3v) is 4.86. The molecular weight excluding hydrogens is 254 g/mol. The third-order valence-electron chi connectivity index (χ3n) is 3.65. The minimum absolute atomic E-state index is 0.0197. The average molecular weight is 271 g/mol. The summed E-state index contributed by atoms with van der Waals surface area (Å²) < 4.78 is 5.28. The quantitative estimate of drug-likeness (QED) is 0.926. The van der Waals surface area contributed by atoms with Crippen LogP contribution in [-0.2, 0) is 0 Å². The van der Waals surface area contributed by atoms with Crippen LogP contribution < -0.4 is 10.5 Å². The highest BCUT2D eigenvalue weighted by Gasteiger charge is 2.28. The minimum Gasteiger partial charge on any atom is -0.497 e. The van der Waals surface area contributed by atoms with Crippen molar-refractivity contribution in [2.45, 2.75) is 16.9 Å². The Labute approximate surface area is 118 Å². The molecule has 0 aromatic heterocycles. The van der Waals surface area contributed by atoms with Gasteiger partial charge in [-0.2, -0.15) is 0 Å². The van der Waals surface area contributed by atoms with Crippen molar-refractivity contribution in [1.29, 1.82) is 0 Å². The van der Waals surface area contributed by atoms with E-state index >= 15 is 0 Å². The molecule has 2 N–H and O–H groups in total. The predicted molar refractivity (Wildman–Crippen MR) is 79.8 cm³/mol. The molecule has 0 amide bonds. The zero-order valence-electron chi connectivity index (χ0n) is 10.9. The molecule has 0 fully saturated rings. The van der Waals surface area contributed by atoms with Crippen LogP contribution >= 0.6 is 11.8 Å². The Bertz CT molecular complexity index is 584. The Kier molecular flexibility index (Phi) is 3.49. The number of nitrogens with two attached hydrogens (primary N) is 1. The van der Waals surface area contributed by atoms with E-state index in [1.807, 2.05) is 30.0 Å². The molecule has 0 saturated carbocycles. The van der Waals surface area contributed by atoms with Crippen molar-refractivity contribution in [2.75, 3.05) is 12.9 Å². The maximum atomic E-state index is 6.47. The summed E-state index contributed by atoms with van der Waals surface area (Å²) in [6, 6.07) is 16.6. The van der Waals surface area contributed by atoms with Gasteiger partial charge < -0.3 is 10.5 Å². The second-order valence-electron chi connectivity index (χ2n) is 4.76. The van der Waals surface area contributed by atoms with E-state index in [9.17, 15) is 0 Å². The first-order valence-corrected chi connectivity index (χ1v) is 7.39. The number of hydrogen-bond acceptors (Lipinski definition) is 3. The van der Waals surface area contributed by atoms with Crippen molar-refractivity contribution >= 4 is 11.8 Å². The lowest BCUT2D eigenvalue weighted by Gasteiger charge is -2.20. The van der Waals surface area contributed by atoms with Crippen LogP contribution in [0.15, 0.2) is 53.4 Å². The van der Waals surface area contributed by atoms with E-state index in [1.54, 1.807) is 7.11 Å². The number of benzene rings is 2. The molecular formula is C16H17NOS. The SMILES string of the molecule is COc1cccc(C(N)C2CSc3ccccc32)c1. The maximum Gasteiger partial charge on any atom is 0.119 e. The van der Waals surface area contributed by atoms with Gasteiger partial charge in [-0.05, 0) is 29.3 Å². The van der Waals surface area contributed by atoms with E-state index < -0.39 is 0 Å². The fourth-order valence-corrected chi connectivity index (χ4v) is 3.87. The van der Waals surface area contributed by atoms with E-state index in [0.29, 0.717) is 5.92 Å². The Hall–Kier alpha value is -1.45. The van der Waals surface area contributed by atoms with Gasteiger partial charge in [0, 0.05) is 22.6 Å². The Balaban J connectivity index is 1.90. The van der Waals surface area contributed by atoms with Gasteiger partial charge in [0.05, 0.1) is 7.11 Å². The lowest BCUT2D eigenvalue weighted by molar-refractivity contribution is 0.413. The van der Waals surface area contributed by atoms with Crippen molar-refractivity contribution in [3.8, 4) is 5.75 Å². The molecule has 2 aromatic rings. The molecule has 1 aliphatic heterocycles. The molecule has 0 radical (unpaired) electrons. The molecule has 2 aromatic carbocycles. The van der Waals surface area contributed by atoms with Crippen molar-refractivity contribution in [2.24, 2.45) is 5.73 Å². The largest absolute Gasteiger partial charge is 0.497 e. The molecule has 2 atom stereocenters. The number of methoxy groups -OCH3 is 1. The van der Waals surface area contributed by atoms with E-state index in [2.05, 4.69) is 30.3 Å². The summed E-state index contributed by atoms with van der Waals surface area (Å²) in [4.78, 5) is 1.37. The normalized spacial score (nSPS) is 18.9. The minimum atomic E-state index is 0.0197. The van der Waals surface area contributed by atoms with Crippen molar-refractivity contribution in [1.82, 2.24) is 0 Å². The molecule has 2 unspecified atom stereocenters. The zero-order valence-corrected chi connectivity index (χ0v) is 11.7. The third kappa shape index (κ3) is 2.36. The van der Waals surface area contributed by atoms with Gasteiger partial charge in [-0.15, -0.1) is 11.8 Å². The number of ether oxygens (including phenoxy) is 1. The lowest BCUT2D eigenvalue weighted by atomic mass is 9.89. The van der Waals surface area contributed by atoms with E-state index in [4.69, 9.17) is 10.5 Å². The molecule has 98 valence electrons. The van der Waals surface area contributed by atoms with Gasteiger partial charge in [-0.25, -0.2) is 0 Å². The Morgan fingerprint density at radius 1 is 1.21 bits per heavy atom. The maximum absolute atomic E-state index is 6.47. The number of thioether (sulfide) groups is 1. The van der Waals surface area contributed by atoms with Crippen LogP contribution in [0.5, 0.6) is 5.75 Å². The number of hydrogen-bond donors (Lipinski definition) is 1. The first-order chi connectivity index (χ1) is 9.29. The van der Waals surface area contributed by atoms with E-state index in [-0.39, 0.29) is 6.04 Å². The summed E-state index contributed by atoms with van der Waals surface area (Å²) in [5, 5.41) is 0. The number of fused-ring (bicyclic) bond motifs is 1. The highest BCUT2D eigenvalue weighted by Crippen LogP contribution is 2.44. The molecule has 3 heteroatoms. The van der Waals surface area contributed by atoms with Gasteiger partial charge in [0.25, 0.3) is 0 Å². The lowest BCUT2D eigenvalue weighted by Crippen LogP contribution is -2.19. The van der Waals surface area contributed by atoms with Crippen LogP contribution in [0.3, 0.4) is 0 Å².